The average Bonchev–Trinajstić information content (AvgIpc) is 3.09. The standard InChI is InChI=1S/C21H21FN6O/c1-4-27(2)21-24-18(15-10-5-6-11-16(15)29-3)17-19(23)28(26-20(17)25-21)14-9-7-8-13(22)12-14/h5-12H,4,23H2,1-3H3. The first-order valence-electron chi connectivity index (χ1n) is 9.20. The predicted octanol–water partition coefficient (Wildman–Crippen LogP) is 3.67. The molecule has 0 bridgehead atoms. The smallest absolute Gasteiger partial charge is 0.227 e. The predicted molar refractivity (Wildman–Crippen MR) is 112 cm³/mol. The molecule has 0 spiro atoms. The molecule has 4 rings (SSSR count). The maximum Gasteiger partial charge on any atom is 0.227 e. The van der Waals surface area contributed by atoms with Crippen molar-refractivity contribution in [2.24, 2.45) is 0 Å². The largest absolute Gasteiger partial charge is 0.496 e. The van der Waals surface area contributed by atoms with E-state index in [9.17, 15) is 4.39 Å². The molecule has 8 heteroatoms. The van der Waals surface area contributed by atoms with Crippen LogP contribution in [0.4, 0.5) is 16.2 Å². The summed E-state index contributed by atoms with van der Waals surface area (Å²) in [5, 5.41) is 5.14. The Balaban J connectivity index is 2.05. The van der Waals surface area contributed by atoms with E-state index in [0.29, 0.717) is 39.9 Å². The van der Waals surface area contributed by atoms with E-state index in [1.54, 1.807) is 19.2 Å². The van der Waals surface area contributed by atoms with E-state index in [4.69, 9.17) is 15.5 Å². The molecule has 4 aromatic rings. The molecule has 29 heavy (non-hydrogen) atoms. The number of anilines is 2. The van der Waals surface area contributed by atoms with Crippen molar-refractivity contribution in [3.63, 3.8) is 0 Å². The third kappa shape index (κ3) is 3.22. The van der Waals surface area contributed by atoms with Gasteiger partial charge in [0.05, 0.1) is 23.9 Å². The summed E-state index contributed by atoms with van der Waals surface area (Å²) < 4.78 is 20.8. The lowest BCUT2D eigenvalue weighted by Gasteiger charge is -2.16. The fourth-order valence-corrected chi connectivity index (χ4v) is 3.15. The van der Waals surface area contributed by atoms with Crippen LogP contribution in [0.3, 0.4) is 0 Å². The number of methoxy groups -OCH3 is 1. The highest BCUT2D eigenvalue weighted by atomic mass is 19.1. The highest BCUT2D eigenvalue weighted by Gasteiger charge is 2.22. The summed E-state index contributed by atoms with van der Waals surface area (Å²) in [7, 11) is 3.51. The van der Waals surface area contributed by atoms with E-state index < -0.39 is 0 Å². The molecule has 148 valence electrons. The van der Waals surface area contributed by atoms with Crippen LogP contribution in [0.5, 0.6) is 5.75 Å². The minimum absolute atomic E-state index is 0.331. The number of benzene rings is 2. The van der Waals surface area contributed by atoms with Crippen LogP contribution in [0.2, 0.25) is 0 Å². The Hall–Kier alpha value is -3.68. The topological polar surface area (TPSA) is 82.1 Å². The average molecular weight is 392 g/mol. The zero-order chi connectivity index (χ0) is 20.5. The molecular weight excluding hydrogens is 371 g/mol. The van der Waals surface area contributed by atoms with E-state index in [0.717, 1.165) is 12.1 Å². The van der Waals surface area contributed by atoms with Crippen molar-refractivity contribution in [2.45, 2.75) is 6.92 Å². The lowest BCUT2D eigenvalue weighted by atomic mass is 10.1. The summed E-state index contributed by atoms with van der Waals surface area (Å²) in [6.45, 7) is 2.73. The number of rotatable bonds is 5. The fraction of sp³-hybridized carbons (Fsp3) is 0.190. The second-order valence-electron chi connectivity index (χ2n) is 6.56. The SMILES string of the molecule is CCN(C)c1nc(-c2ccccc2OC)c2c(N)n(-c3cccc(F)c3)nc2n1. The van der Waals surface area contributed by atoms with Crippen LogP contribution in [0.1, 0.15) is 6.92 Å². The second kappa shape index (κ2) is 7.38. The van der Waals surface area contributed by atoms with Gasteiger partial charge in [-0.1, -0.05) is 18.2 Å². The molecule has 0 amide bonds. The van der Waals surface area contributed by atoms with Crippen molar-refractivity contribution in [3.8, 4) is 22.7 Å². The van der Waals surface area contributed by atoms with Gasteiger partial charge in [-0.05, 0) is 37.3 Å². The molecule has 0 aliphatic carbocycles. The van der Waals surface area contributed by atoms with E-state index in [2.05, 4.69) is 10.1 Å². The molecule has 2 N–H and O–H groups in total. The number of aromatic nitrogens is 4. The highest BCUT2D eigenvalue weighted by Crippen LogP contribution is 2.37. The Morgan fingerprint density at radius 1 is 1.14 bits per heavy atom. The number of para-hydroxylation sites is 1. The molecule has 2 heterocycles. The zero-order valence-corrected chi connectivity index (χ0v) is 16.4. The lowest BCUT2D eigenvalue weighted by molar-refractivity contribution is 0.416. The Labute approximate surface area is 167 Å². The van der Waals surface area contributed by atoms with Gasteiger partial charge in [0, 0.05) is 19.2 Å². The van der Waals surface area contributed by atoms with Crippen molar-refractivity contribution < 1.29 is 9.13 Å². The van der Waals surface area contributed by atoms with Gasteiger partial charge in [-0.15, -0.1) is 5.10 Å². The van der Waals surface area contributed by atoms with Crippen LogP contribution in [0.15, 0.2) is 48.5 Å². The van der Waals surface area contributed by atoms with Crippen LogP contribution in [0, 0.1) is 5.82 Å². The second-order valence-corrected chi connectivity index (χ2v) is 6.56. The summed E-state index contributed by atoms with van der Waals surface area (Å²) in [6, 6.07) is 13.7. The van der Waals surface area contributed by atoms with Gasteiger partial charge in [0.1, 0.15) is 17.4 Å². The Morgan fingerprint density at radius 2 is 1.93 bits per heavy atom. The van der Waals surface area contributed by atoms with Gasteiger partial charge in [0.2, 0.25) is 5.95 Å². The molecule has 0 aliphatic rings. The van der Waals surface area contributed by atoms with E-state index in [1.807, 2.05) is 43.1 Å². The van der Waals surface area contributed by atoms with Gasteiger partial charge in [-0.3, -0.25) is 0 Å². The van der Waals surface area contributed by atoms with Crippen LogP contribution in [-0.2, 0) is 0 Å². The maximum absolute atomic E-state index is 13.8. The van der Waals surface area contributed by atoms with Gasteiger partial charge >= 0.3 is 0 Å². The Bertz CT molecular complexity index is 1190. The minimum Gasteiger partial charge on any atom is -0.496 e. The number of nitrogens with zero attached hydrogens (tertiary/aromatic N) is 5. The lowest BCUT2D eigenvalue weighted by Crippen LogP contribution is -2.19. The van der Waals surface area contributed by atoms with Crippen molar-refractivity contribution in [2.75, 3.05) is 31.3 Å². The molecule has 0 atom stereocenters. The number of hydrogen-bond donors (Lipinski definition) is 1. The molecule has 0 aliphatic heterocycles. The van der Waals surface area contributed by atoms with E-state index in [-0.39, 0.29) is 5.82 Å². The summed E-state index contributed by atoms with van der Waals surface area (Å²) >= 11 is 0. The van der Waals surface area contributed by atoms with E-state index >= 15 is 0 Å². The molecule has 2 aromatic heterocycles. The van der Waals surface area contributed by atoms with Crippen molar-refractivity contribution >= 4 is 22.8 Å². The number of ether oxygens (including phenoxy) is 1. The quantitative estimate of drug-likeness (QED) is 0.558. The fourth-order valence-electron chi connectivity index (χ4n) is 3.15. The first kappa shape index (κ1) is 18.7. The first-order chi connectivity index (χ1) is 14.0. The highest BCUT2D eigenvalue weighted by molar-refractivity contribution is 6.00. The molecule has 2 aromatic carbocycles. The first-order valence-corrected chi connectivity index (χ1v) is 9.20. The van der Waals surface area contributed by atoms with Crippen molar-refractivity contribution in [1.29, 1.82) is 0 Å². The molecule has 7 nitrogen and oxygen atoms in total. The van der Waals surface area contributed by atoms with Crippen LogP contribution in [-0.4, -0.2) is 40.5 Å². The summed E-state index contributed by atoms with van der Waals surface area (Å²) in [5.74, 6) is 1.14. The molecule has 0 radical (unpaired) electrons. The number of nitrogen functional groups attached to an aromatic ring is 1. The maximum atomic E-state index is 13.8. The normalized spacial score (nSPS) is 11.0. The van der Waals surface area contributed by atoms with Gasteiger partial charge < -0.3 is 15.4 Å². The van der Waals surface area contributed by atoms with Crippen LogP contribution < -0.4 is 15.4 Å². The zero-order valence-electron chi connectivity index (χ0n) is 16.4. The van der Waals surface area contributed by atoms with Crippen molar-refractivity contribution in [3.05, 3.63) is 54.3 Å². The van der Waals surface area contributed by atoms with Gasteiger partial charge in [-0.25, -0.2) is 14.1 Å². The summed E-state index contributed by atoms with van der Waals surface area (Å²) in [4.78, 5) is 11.3. The number of halogens is 1. The molecule has 0 saturated carbocycles. The Morgan fingerprint density at radius 3 is 2.66 bits per heavy atom. The monoisotopic (exact) mass is 392 g/mol. The van der Waals surface area contributed by atoms with Crippen LogP contribution >= 0.6 is 0 Å². The summed E-state index contributed by atoms with van der Waals surface area (Å²) in [6.07, 6.45) is 0. The van der Waals surface area contributed by atoms with E-state index in [1.165, 1.54) is 16.8 Å². The summed E-state index contributed by atoms with van der Waals surface area (Å²) in [5.41, 5.74) is 8.78. The molecule has 0 unspecified atom stereocenters. The molecular formula is C21H21FN6O. The van der Waals surface area contributed by atoms with Crippen LogP contribution in [0.25, 0.3) is 28.0 Å². The molecule has 0 saturated heterocycles. The number of fused-ring (bicyclic) bond motifs is 1. The minimum atomic E-state index is -0.371. The third-order valence-electron chi connectivity index (χ3n) is 4.79. The molecule has 0 fully saturated rings. The number of nitrogens with two attached hydrogens (primary N) is 1. The third-order valence-corrected chi connectivity index (χ3v) is 4.79. The van der Waals surface area contributed by atoms with Gasteiger partial charge in [-0.2, -0.15) is 4.98 Å². The Kier molecular flexibility index (Phi) is 4.75. The van der Waals surface area contributed by atoms with Gasteiger partial charge in [0.25, 0.3) is 0 Å². The van der Waals surface area contributed by atoms with Crippen molar-refractivity contribution in [1.82, 2.24) is 19.7 Å². The van der Waals surface area contributed by atoms with Gasteiger partial charge in [0.15, 0.2) is 5.65 Å². The number of hydrogen-bond acceptors (Lipinski definition) is 6.